The summed E-state index contributed by atoms with van der Waals surface area (Å²) in [5.41, 5.74) is 8.35. The molecule has 2 atom stereocenters. The summed E-state index contributed by atoms with van der Waals surface area (Å²) in [5.74, 6) is 1.57. The molecule has 2 unspecified atom stereocenters. The van der Waals surface area contributed by atoms with Crippen LogP contribution in [-0.2, 0) is 6.54 Å². The van der Waals surface area contributed by atoms with Crippen LogP contribution in [0.4, 0.5) is 0 Å². The Morgan fingerprint density at radius 3 is 3.06 bits per heavy atom. The molecule has 2 N–H and O–H groups in total. The highest BCUT2D eigenvalue weighted by Crippen LogP contribution is 2.34. The molecule has 2 aromatic rings. The molecule has 4 heteroatoms. The summed E-state index contributed by atoms with van der Waals surface area (Å²) in [6.07, 6.45) is 7.17. The minimum atomic E-state index is 0.269. The number of imidazole rings is 1. The molecule has 0 amide bonds. The number of fused-ring (bicyclic) bond motifs is 1. The summed E-state index contributed by atoms with van der Waals surface area (Å²) in [6, 6.07) is 2.31. The van der Waals surface area contributed by atoms with Gasteiger partial charge in [0.15, 0.2) is 0 Å². The summed E-state index contributed by atoms with van der Waals surface area (Å²) < 4.78 is 2.28. The lowest BCUT2D eigenvalue weighted by Gasteiger charge is -2.16. The summed E-state index contributed by atoms with van der Waals surface area (Å²) in [5, 5.41) is 0. The standard InChI is InChI=1S/C13H18N4/c1-2-17-12-6-7-15-8-11(12)16-13(17)9-4-3-5-10(9)14/h6-10H,2-5,14H2,1H3. The third-order valence-electron chi connectivity index (χ3n) is 3.80. The summed E-state index contributed by atoms with van der Waals surface area (Å²) >= 11 is 0. The lowest BCUT2D eigenvalue weighted by molar-refractivity contribution is 0.550. The predicted molar refractivity (Wildman–Crippen MR) is 67.8 cm³/mol. The van der Waals surface area contributed by atoms with Crippen LogP contribution in [0.5, 0.6) is 0 Å². The molecule has 1 aliphatic rings. The molecule has 1 saturated carbocycles. The molecule has 2 heterocycles. The van der Waals surface area contributed by atoms with Gasteiger partial charge >= 0.3 is 0 Å². The van der Waals surface area contributed by atoms with Crippen molar-refractivity contribution in [3.8, 4) is 0 Å². The van der Waals surface area contributed by atoms with E-state index in [9.17, 15) is 0 Å². The monoisotopic (exact) mass is 230 g/mol. The first-order valence-corrected chi connectivity index (χ1v) is 6.37. The Morgan fingerprint density at radius 1 is 1.47 bits per heavy atom. The average molecular weight is 230 g/mol. The van der Waals surface area contributed by atoms with Gasteiger partial charge in [0.25, 0.3) is 0 Å². The highest BCUT2D eigenvalue weighted by Gasteiger charge is 2.29. The van der Waals surface area contributed by atoms with E-state index < -0.39 is 0 Å². The highest BCUT2D eigenvalue weighted by atomic mass is 15.1. The lowest BCUT2D eigenvalue weighted by atomic mass is 10.0. The predicted octanol–water partition coefficient (Wildman–Crippen LogP) is 2.05. The van der Waals surface area contributed by atoms with Crippen molar-refractivity contribution in [3.63, 3.8) is 0 Å². The fourth-order valence-corrected chi connectivity index (χ4v) is 2.93. The number of nitrogens with zero attached hydrogens (tertiary/aromatic N) is 3. The number of nitrogens with two attached hydrogens (primary N) is 1. The molecule has 0 aliphatic heterocycles. The first-order chi connectivity index (χ1) is 8.31. The molecule has 0 radical (unpaired) electrons. The van der Waals surface area contributed by atoms with Crippen molar-refractivity contribution in [3.05, 3.63) is 24.3 Å². The van der Waals surface area contributed by atoms with Gasteiger partial charge in [0.2, 0.25) is 0 Å². The Labute approximate surface area is 101 Å². The fourth-order valence-electron chi connectivity index (χ4n) is 2.93. The minimum Gasteiger partial charge on any atom is -0.328 e. The Morgan fingerprint density at radius 2 is 2.35 bits per heavy atom. The zero-order valence-corrected chi connectivity index (χ0v) is 10.1. The maximum absolute atomic E-state index is 6.19. The van der Waals surface area contributed by atoms with E-state index in [0.29, 0.717) is 5.92 Å². The van der Waals surface area contributed by atoms with Crippen molar-refractivity contribution in [2.75, 3.05) is 0 Å². The van der Waals surface area contributed by atoms with Gasteiger partial charge in [-0.2, -0.15) is 0 Å². The van der Waals surface area contributed by atoms with E-state index in [-0.39, 0.29) is 6.04 Å². The molecule has 2 aromatic heterocycles. The number of hydrogen-bond donors (Lipinski definition) is 1. The molecule has 1 fully saturated rings. The van der Waals surface area contributed by atoms with Crippen LogP contribution >= 0.6 is 0 Å². The fraction of sp³-hybridized carbons (Fsp3) is 0.538. The molecular weight excluding hydrogens is 212 g/mol. The number of pyridine rings is 1. The van der Waals surface area contributed by atoms with Crippen molar-refractivity contribution in [1.82, 2.24) is 14.5 Å². The van der Waals surface area contributed by atoms with Crippen molar-refractivity contribution < 1.29 is 0 Å². The summed E-state index contributed by atoms with van der Waals surface area (Å²) in [6.45, 7) is 3.10. The highest BCUT2D eigenvalue weighted by molar-refractivity contribution is 5.74. The van der Waals surface area contributed by atoms with Gasteiger partial charge in [0, 0.05) is 24.7 Å². The first-order valence-electron chi connectivity index (χ1n) is 6.37. The molecule has 1 aliphatic carbocycles. The Balaban J connectivity index is 2.15. The zero-order chi connectivity index (χ0) is 11.8. The van der Waals surface area contributed by atoms with Crippen LogP contribution in [0.2, 0.25) is 0 Å². The lowest BCUT2D eigenvalue weighted by Crippen LogP contribution is -2.25. The molecule has 0 aromatic carbocycles. The van der Waals surface area contributed by atoms with Gasteiger partial charge < -0.3 is 10.3 Å². The quantitative estimate of drug-likeness (QED) is 0.859. The molecule has 0 spiro atoms. The largest absolute Gasteiger partial charge is 0.328 e. The van der Waals surface area contributed by atoms with Crippen LogP contribution in [-0.4, -0.2) is 20.6 Å². The van der Waals surface area contributed by atoms with Crippen LogP contribution in [0.3, 0.4) is 0 Å². The van der Waals surface area contributed by atoms with Crippen molar-refractivity contribution >= 4 is 11.0 Å². The molecule has 0 saturated heterocycles. The Hall–Kier alpha value is -1.42. The van der Waals surface area contributed by atoms with Crippen LogP contribution in [0.15, 0.2) is 18.5 Å². The number of hydrogen-bond acceptors (Lipinski definition) is 3. The molecular formula is C13H18N4. The van der Waals surface area contributed by atoms with E-state index in [1.165, 1.54) is 11.9 Å². The number of aromatic nitrogens is 3. The zero-order valence-electron chi connectivity index (χ0n) is 10.1. The average Bonchev–Trinajstić information content (AvgIpc) is 2.91. The normalized spacial score (nSPS) is 24.6. The van der Waals surface area contributed by atoms with Gasteiger partial charge in [0.05, 0.1) is 11.7 Å². The number of aryl methyl sites for hydroxylation is 1. The van der Waals surface area contributed by atoms with Gasteiger partial charge in [-0.25, -0.2) is 4.98 Å². The first kappa shape index (κ1) is 10.7. The number of rotatable bonds is 2. The Bertz CT molecular complexity index is 531. The van der Waals surface area contributed by atoms with Gasteiger partial charge in [-0.1, -0.05) is 6.42 Å². The van der Waals surface area contributed by atoms with Gasteiger partial charge in [-0.3, -0.25) is 4.98 Å². The van der Waals surface area contributed by atoms with Crippen LogP contribution < -0.4 is 5.73 Å². The molecule has 90 valence electrons. The van der Waals surface area contributed by atoms with Crippen molar-refractivity contribution in [2.24, 2.45) is 5.73 Å². The van der Waals surface area contributed by atoms with Crippen molar-refractivity contribution in [1.29, 1.82) is 0 Å². The molecule has 0 bridgehead atoms. The van der Waals surface area contributed by atoms with E-state index in [4.69, 9.17) is 10.7 Å². The van der Waals surface area contributed by atoms with Gasteiger partial charge in [-0.05, 0) is 25.8 Å². The molecule has 3 rings (SSSR count). The van der Waals surface area contributed by atoms with E-state index >= 15 is 0 Å². The van der Waals surface area contributed by atoms with E-state index in [0.717, 1.165) is 30.7 Å². The van der Waals surface area contributed by atoms with Crippen LogP contribution in [0, 0.1) is 0 Å². The van der Waals surface area contributed by atoms with E-state index in [1.54, 1.807) is 0 Å². The maximum Gasteiger partial charge on any atom is 0.114 e. The topological polar surface area (TPSA) is 56.7 Å². The molecule has 17 heavy (non-hydrogen) atoms. The summed E-state index contributed by atoms with van der Waals surface area (Å²) in [7, 11) is 0. The van der Waals surface area contributed by atoms with Crippen molar-refractivity contribution in [2.45, 2.75) is 44.7 Å². The molecule has 4 nitrogen and oxygen atoms in total. The van der Waals surface area contributed by atoms with E-state index in [2.05, 4.69) is 16.5 Å². The van der Waals surface area contributed by atoms with E-state index in [1.807, 2.05) is 18.5 Å². The third-order valence-corrected chi connectivity index (χ3v) is 3.80. The summed E-state index contributed by atoms with van der Waals surface area (Å²) in [4.78, 5) is 8.88. The second kappa shape index (κ2) is 4.11. The van der Waals surface area contributed by atoms with Crippen LogP contribution in [0.25, 0.3) is 11.0 Å². The maximum atomic E-state index is 6.19. The third kappa shape index (κ3) is 1.63. The smallest absolute Gasteiger partial charge is 0.114 e. The van der Waals surface area contributed by atoms with Crippen LogP contribution in [0.1, 0.15) is 37.9 Å². The minimum absolute atomic E-state index is 0.269. The van der Waals surface area contributed by atoms with Gasteiger partial charge in [-0.15, -0.1) is 0 Å². The second-order valence-electron chi connectivity index (χ2n) is 4.78. The van der Waals surface area contributed by atoms with Gasteiger partial charge in [0.1, 0.15) is 11.3 Å². The second-order valence-corrected chi connectivity index (χ2v) is 4.78. The SMILES string of the molecule is CCn1c(C2CCCC2N)nc2cnccc21. The Kier molecular flexibility index (Phi) is 2.59.